The van der Waals surface area contributed by atoms with Gasteiger partial charge in [0.25, 0.3) is 0 Å². The van der Waals surface area contributed by atoms with Crippen LogP contribution in [0, 0.1) is 0 Å². The lowest BCUT2D eigenvalue weighted by Gasteiger charge is -2.17. The molecule has 0 unspecified atom stereocenters. The van der Waals surface area contributed by atoms with Gasteiger partial charge in [0, 0.05) is 26.4 Å². The van der Waals surface area contributed by atoms with Gasteiger partial charge in [-0.1, -0.05) is 30.3 Å². The SMILES string of the molecule is CN(C)C(=O)C[C@@H](CN)c1ccccc1. The molecular formula is C12H18N2O. The molecule has 0 aromatic heterocycles. The lowest BCUT2D eigenvalue weighted by molar-refractivity contribution is -0.129. The monoisotopic (exact) mass is 206 g/mol. The van der Waals surface area contributed by atoms with Crippen LogP contribution in [0.15, 0.2) is 30.3 Å². The van der Waals surface area contributed by atoms with Crippen molar-refractivity contribution in [3.63, 3.8) is 0 Å². The molecule has 0 aliphatic rings. The number of rotatable bonds is 4. The molecule has 0 saturated carbocycles. The summed E-state index contributed by atoms with van der Waals surface area (Å²) in [4.78, 5) is 13.2. The van der Waals surface area contributed by atoms with Crippen molar-refractivity contribution < 1.29 is 4.79 Å². The van der Waals surface area contributed by atoms with E-state index in [0.29, 0.717) is 13.0 Å². The second-order valence-electron chi connectivity index (χ2n) is 3.84. The quantitative estimate of drug-likeness (QED) is 0.804. The third-order valence-corrected chi connectivity index (χ3v) is 2.48. The number of benzene rings is 1. The number of hydrogen-bond donors (Lipinski definition) is 1. The highest BCUT2D eigenvalue weighted by Gasteiger charge is 2.15. The van der Waals surface area contributed by atoms with E-state index < -0.39 is 0 Å². The van der Waals surface area contributed by atoms with E-state index in [1.807, 2.05) is 30.3 Å². The smallest absolute Gasteiger partial charge is 0.222 e. The lowest BCUT2D eigenvalue weighted by Crippen LogP contribution is -2.26. The van der Waals surface area contributed by atoms with Gasteiger partial charge >= 0.3 is 0 Å². The van der Waals surface area contributed by atoms with E-state index in [1.165, 1.54) is 0 Å². The van der Waals surface area contributed by atoms with Gasteiger partial charge < -0.3 is 10.6 Å². The van der Waals surface area contributed by atoms with Crippen LogP contribution in [0.1, 0.15) is 17.9 Å². The van der Waals surface area contributed by atoms with E-state index in [2.05, 4.69) is 0 Å². The molecule has 1 aromatic rings. The van der Waals surface area contributed by atoms with Gasteiger partial charge in [0.2, 0.25) is 5.91 Å². The molecule has 0 saturated heterocycles. The molecule has 0 spiro atoms. The molecule has 3 heteroatoms. The van der Waals surface area contributed by atoms with Crippen molar-refractivity contribution >= 4 is 5.91 Å². The standard InChI is InChI=1S/C12H18N2O/c1-14(2)12(15)8-11(9-13)10-6-4-3-5-7-10/h3-7,11H,8-9,13H2,1-2H3/t11-/m0/s1. The molecule has 0 fully saturated rings. The summed E-state index contributed by atoms with van der Waals surface area (Å²) in [6, 6.07) is 9.93. The third-order valence-electron chi connectivity index (χ3n) is 2.48. The first-order valence-corrected chi connectivity index (χ1v) is 5.10. The average molecular weight is 206 g/mol. The van der Waals surface area contributed by atoms with Crippen molar-refractivity contribution in [2.24, 2.45) is 5.73 Å². The van der Waals surface area contributed by atoms with E-state index in [0.717, 1.165) is 5.56 Å². The van der Waals surface area contributed by atoms with Crippen LogP contribution in [0.2, 0.25) is 0 Å². The van der Waals surface area contributed by atoms with Gasteiger partial charge in [-0.2, -0.15) is 0 Å². The molecule has 0 radical (unpaired) electrons. The minimum atomic E-state index is 0.120. The second-order valence-corrected chi connectivity index (χ2v) is 3.84. The number of hydrogen-bond acceptors (Lipinski definition) is 2. The molecule has 0 bridgehead atoms. The van der Waals surface area contributed by atoms with Crippen LogP contribution >= 0.6 is 0 Å². The van der Waals surface area contributed by atoms with Gasteiger partial charge in [-0.05, 0) is 12.1 Å². The van der Waals surface area contributed by atoms with Crippen molar-refractivity contribution in [2.75, 3.05) is 20.6 Å². The molecule has 2 N–H and O–H groups in total. The summed E-state index contributed by atoms with van der Waals surface area (Å²) in [5, 5.41) is 0. The first-order valence-electron chi connectivity index (χ1n) is 5.10. The van der Waals surface area contributed by atoms with E-state index >= 15 is 0 Å². The van der Waals surface area contributed by atoms with Crippen LogP contribution in [0.3, 0.4) is 0 Å². The highest BCUT2D eigenvalue weighted by molar-refractivity contribution is 5.76. The van der Waals surface area contributed by atoms with Crippen LogP contribution in [-0.4, -0.2) is 31.4 Å². The topological polar surface area (TPSA) is 46.3 Å². The normalized spacial score (nSPS) is 12.2. The largest absolute Gasteiger partial charge is 0.349 e. The Kier molecular flexibility index (Phi) is 4.31. The summed E-state index contributed by atoms with van der Waals surface area (Å²) < 4.78 is 0. The molecule has 3 nitrogen and oxygen atoms in total. The summed E-state index contributed by atoms with van der Waals surface area (Å²) >= 11 is 0. The summed E-state index contributed by atoms with van der Waals surface area (Å²) in [7, 11) is 3.53. The van der Waals surface area contributed by atoms with Crippen molar-refractivity contribution in [1.29, 1.82) is 0 Å². The Labute approximate surface area is 90.9 Å². The van der Waals surface area contributed by atoms with Gasteiger partial charge in [-0.15, -0.1) is 0 Å². The van der Waals surface area contributed by atoms with Gasteiger partial charge in [-0.3, -0.25) is 4.79 Å². The number of carbonyl (C=O) groups is 1. The molecule has 82 valence electrons. The summed E-state index contributed by atoms with van der Waals surface area (Å²) in [5.74, 6) is 0.246. The molecule has 0 aliphatic carbocycles. The maximum absolute atomic E-state index is 11.6. The van der Waals surface area contributed by atoms with Crippen molar-refractivity contribution in [3.05, 3.63) is 35.9 Å². The lowest BCUT2D eigenvalue weighted by atomic mass is 9.95. The Morgan fingerprint density at radius 3 is 2.40 bits per heavy atom. The number of nitrogens with two attached hydrogens (primary N) is 1. The fraction of sp³-hybridized carbons (Fsp3) is 0.417. The first-order chi connectivity index (χ1) is 7.15. The first kappa shape index (κ1) is 11.7. The second kappa shape index (κ2) is 5.51. The Bertz CT molecular complexity index is 309. The van der Waals surface area contributed by atoms with Crippen LogP contribution in [0.25, 0.3) is 0 Å². The minimum Gasteiger partial charge on any atom is -0.349 e. The summed E-state index contributed by atoms with van der Waals surface area (Å²) in [6.45, 7) is 0.504. The zero-order chi connectivity index (χ0) is 11.3. The van der Waals surface area contributed by atoms with Crippen LogP contribution in [-0.2, 0) is 4.79 Å². The highest BCUT2D eigenvalue weighted by Crippen LogP contribution is 2.18. The predicted octanol–water partition coefficient (Wildman–Crippen LogP) is 1.21. The fourth-order valence-corrected chi connectivity index (χ4v) is 1.46. The van der Waals surface area contributed by atoms with Gasteiger partial charge in [-0.25, -0.2) is 0 Å². The van der Waals surface area contributed by atoms with E-state index in [9.17, 15) is 4.79 Å². The van der Waals surface area contributed by atoms with Gasteiger partial charge in [0.1, 0.15) is 0 Å². The van der Waals surface area contributed by atoms with Gasteiger partial charge in [0.15, 0.2) is 0 Å². The van der Waals surface area contributed by atoms with E-state index in [1.54, 1.807) is 19.0 Å². The Balaban J connectivity index is 2.69. The predicted molar refractivity (Wildman–Crippen MR) is 61.5 cm³/mol. The number of amides is 1. The fourth-order valence-electron chi connectivity index (χ4n) is 1.46. The average Bonchev–Trinajstić information content (AvgIpc) is 2.26. The zero-order valence-corrected chi connectivity index (χ0v) is 9.31. The van der Waals surface area contributed by atoms with E-state index in [-0.39, 0.29) is 11.8 Å². The maximum Gasteiger partial charge on any atom is 0.222 e. The molecule has 15 heavy (non-hydrogen) atoms. The van der Waals surface area contributed by atoms with Crippen molar-refractivity contribution in [3.8, 4) is 0 Å². The number of nitrogens with zero attached hydrogens (tertiary/aromatic N) is 1. The molecule has 0 heterocycles. The Hall–Kier alpha value is -1.35. The highest BCUT2D eigenvalue weighted by atomic mass is 16.2. The molecule has 1 aromatic carbocycles. The molecular weight excluding hydrogens is 188 g/mol. The minimum absolute atomic E-state index is 0.120. The third kappa shape index (κ3) is 3.36. The van der Waals surface area contributed by atoms with Crippen molar-refractivity contribution in [2.45, 2.75) is 12.3 Å². The van der Waals surface area contributed by atoms with E-state index in [4.69, 9.17) is 5.73 Å². The Morgan fingerprint density at radius 1 is 1.33 bits per heavy atom. The molecule has 1 rings (SSSR count). The summed E-state index contributed by atoms with van der Waals surface area (Å²) in [5.41, 5.74) is 6.82. The van der Waals surface area contributed by atoms with Crippen molar-refractivity contribution in [1.82, 2.24) is 4.90 Å². The van der Waals surface area contributed by atoms with Crippen LogP contribution < -0.4 is 5.73 Å². The molecule has 1 atom stereocenters. The summed E-state index contributed by atoms with van der Waals surface area (Å²) in [6.07, 6.45) is 0.480. The number of carbonyl (C=O) groups excluding carboxylic acids is 1. The maximum atomic E-state index is 11.6. The van der Waals surface area contributed by atoms with Gasteiger partial charge in [0.05, 0.1) is 0 Å². The van der Waals surface area contributed by atoms with Crippen LogP contribution in [0.5, 0.6) is 0 Å². The Morgan fingerprint density at radius 2 is 1.93 bits per heavy atom. The molecule has 0 aliphatic heterocycles. The van der Waals surface area contributed by atoms with Crippen LogP contribution in [0.4, 0.5) is 0 Å². The zero-order valence-electron chi connectivity index (χ0n) is 9.31. The molecule has 1 amide bonds.